The normalized spacial score (nSPS) is 19.1. The number of aromatic nitrogens is 6. The van der Waals surface area contributed by atoms with E-state index in [1.807, 2.05) is 17.1 Å². The van der Waals surface area contributed by atoms with E-state index < -0.39 is 0 Å². The number of benzene rings is 1. The van der Waals surface area contributed by atoms with E-state index in [2.05, 4.69) is 20.0 Å². The molecule has 1 aromatic carbocycles. The molecule has 5 heterocycles. The number of nitrogen functional groups attached to an aromatic ring is 1. The molecule has 0 amide bonds. The maximum atomic E-state index is 13.8. The molecule has 12 heteroatoms. The number of halogens is 1. The Morgan fingerprint density at radius 1 is 1.15 bits per heavy atom. The molecule has 6 rings (SSSR count). The number of fused-ring (bicyclic) bond motifs is 2. The van der Waals surface area contributed by atoms with Gasteiger partial charge in [0.25, 0.3) is 5.56 Å². The molecule has 0 aliphatic carbocycles. The minimum atomic E-state index is -0.196. The third-order valence-electron chi connectivity index (χ3n) is 6.20. The summed E-state index contributed by atoms with van der Waals surface area (Å²) < 4.78 is 8.83. The van der Waals surface area contributed by atoms with Crippen molar-refractivity contribution in [2.24, 2.45) is 0 Å². The van der Waals surface area contributed by atoms with Gasteiger partial charge in [-0.15, -0.1) is 5.10 Å². The van der Waals surface area contributed by atoms with Crippen LogP contribution in [0, 0.1) is 0 Å². The van der Waals surface area contributed by atoms with Crippen LogP contribution >= 0.6 is 11.6 Å². The zero-order valence-corrected chi connectivity index (χ0v) is 18.5. The molecule has 11 nitrogen and oxygen atoms in total. The lowest BCUT2D eigenvalue weighted by Crippen LogP contribution is -2.51. The number of hydrogen-bond donors (Lipinski definition) is 1. The highest BCUT2D eigenvalue weighted by Gasteiger charge is 2.35. The highest BCUT2D eigenvalue weighted by molar-refractivity contribution is 6.35. The molecule has 0 radical (unpaired) electrons. The van der Waals surface area contributed by atoms with E-state index in [1.165, 1.54) is 0 Å². The van der Waals surface area contributed by atoms with Crippen LogP contribution in [0.3, 0.4) is 0 Å². The van der Waals surface area contributed by atoms with Crippen LogP contribution in [0.25, 0.3) is 16.6 Å². The van der Waals surface area contributed by atoms with Gasteiger partial charge in [0.15, 0.2) is 17.3 Å². The van der Waals surface area contributed by atoms with Crippen LogP contribution in [0.4, 0.5) is 11.8 Å². The first-order valence-electron chi connectivity index (χ1n) is 10.9. The predicted octanol–water partition coefficient (Wildman–Crippen LogP) is 1.38. The van der Waals surface area contributed by atoms with Gasteiger partial charge < -0.3 is 20.4 Å². The van der Waals surface area contributed by atoms with Crippen LogP contribution in [0.15, 0.2) is 35.4 Å². The Labute approximate surface area is 193 Å². The van der Waals surface area contributed by atoms with Gasteiger partial charge in [0, 0.05) is 18.9 Å². The quantitative estimate of drug-likeness (QED) is 0.476. The van der Waals surface area contributed by atoms with Gasteiger partial charge in [-0.1, -0.05) is 17.7 Å². The molecule has 0 spiro atoms. The molecule has 0 bridgehead atoms. The van der Waals surface area contributed by atoms with Crippen molar-refractivity contribution in [3.05, 3.63) is 51.8 Å². The number of morpholine rings is 1. The van der Waals surface area contributed by atoms with Crippen molar-refractivity contribution in [1.29, 1.82) is 0 Å². The van der Waals surface area contributed by atoms with E-state index in [1.54, 1.807) is 27.7 Å². The molecular weight excluding hydrogens is 446 g/mol. The van der Waals surface area contributed by atoms with Crippen molar-refractivity contribution in [3.8, 4) is 0 Å². The summed E-state index contributed by atoms with van der Waals surface area (Å²) in [6.07, 6.45) is 5.12. The van der Waals surface area contributed by atoms with E-state index in [0.29, 0.717) is 59.5 Å². The molecule has 4 aromatic rings. The van der Waals surface area contributed by atoms with Gasteiger partial charge in [0.05, 0.1) is 48.3 Å². The van der Waals surface area contributed by atoms with E-state index in [9.17, 15) is 4.79 Å². The fourth-order valence-electron chi connectivity index (χ4n) is 4.75. The van der Waals surface area contributed by atoms with Gasteiger partial charge in [-0.3, -0.25) is 4.79 Å². The van der Waals surface area contributed by atoms with Crippen molar-refractivity contribution in [2.45, 2.75) is 18.9 Å². The molecule has 33 heavy (non-hydrogen) atoms. The lowest BCUT2D eigenvalue weighted by atomic mass is 10.1. The summed E-state index contributed by atoms with van der Waals surface area (Å²) in [5, 5.41) is 7.01. The first-order valence-corrected chi connectivity index (χ1v) is 11.3. The average Bonchev–Trinajstić information content (AvgIpc) is 3.48. The summed E-state index contributed by atoms with van der Waals surface area (Å²) >= 11 is 6.43. The summed E-state index contributed by atoms with van der Waals surface area (Å²) in [5.74, 6) is 1.44. The van der Waals surface area contributed by atoms with Gasteiger partial charge in [0.2, 0.25) is 5.95 Å². The third kappa shape index (κ3) is 3.26. The maximum Gasteiger partial charge on any atom is 0.281 e. The van der Waals surface area contributed by atoms with E-state index in [4.69, 9.17) is 27.1 Å². The molecule has 2 aliphatic rings. The summed E-state index contributed by atoms with van der Waals surface area (Å²) in [6, 6.07) is 5.16. The van der Waals surface area contributed by atoms with Gasteiger partial charge in [-0.05, 0) is 25.0 Å². The molecule has 2 fully saturated rings. The zero-order chi connectivity index (χ0) is 22.5. The molecule has 1 atom stereocenters. The van der Waals surface area contributed by atoms with Crippen molar-refractivity contribution in [2.75, 3.05) is 48.5 Å². The molecule has 2 N–H and O–H groups in total. The lowest BCUT2D eigenvalue weighted by Gasteiger charge is -2.34. The van der Waals surface area contributed by atoms with E-state index in [-0.39, 0.29) is 17.5 Å². The Bertz CT molecular complexity index is 1410. The van der Waals surface area contributed by atoms with Crippen LogP contribution < -0.4 is 21.2 Å². The number of rotatable bonds is 3. The summed E-state index contributed by atoms with van der Waals surface area (Å²) in [6.45, 7) is 2.98. The monoisotopic (exact) mass is 467 g/mol. The van der Waals surface area contributed by atoms with Crippen LogP contribution in [-0.2, 0) is 4.74 Å². The topological polar surface area (TPSA) is 120 Å². The van der Waals surface area contributed by atoms with Crippen LogP contribution in [-0.4, -0.2) is 62.1 Å². The van der Waals surface area contributed by atoms with Crippen LogP contribution in [0.2, 0.25) is 5.02 Å². The largest absolute Gasteiger partial charge is 0.378 e. The minimum absolute atomic E-state index is 0.157. The summed E-state index contributed by atoms with van der Waals surface area (Å²) in [4.78, 5) is 29.8. The maximum absolute atomic E-state index is 13.8. The lowest BCUT2D eigenvalue weighted by molar-refractivity contribution is 0.110. The molecule has 2 saturated heterocycles. The van der Waals surface area contributed by atoms with Crippen molar-refractivity contribution in [1.82, 2.24) is 29.2 Å². The Kier molecular flexibility index (Phi) is 4.80. The van der Waals surface area contributed by atoms with Gasteiger partial charge >= 0.3 is 0 Å². The minimum Gasteiger partial charge on any atom is -0.378 e. The zero-order valence-electron chi connectivity index (χ0n) is 17.8. The average molecular weight is 468 g/mol. The SMILES string of the molecule is Nc1nc(N2CCCC2c2nc3cccc(Cl)c3c(=O)n2N2CCOCC2)c2nccn2n1. The number of anilines is 2. The number of ether oxygens (including phenoxy) is 1. The second-order valence-electron chi connectivity index (χ2n) is 8.13. The van der Waals surface area contributed by atoms with Crippen LogP contribution in [0.5, 0.6) is 0 Å². The van der Waals surface area contributed by atoms with E-state index in [0.717, 1.165) is 19.4 Å². The molecule has 1 unspecified atom stereocenters. The molecule has 3 aromatic heterocycles. The van der Waals surface area contributed by atoms with Gasteiger partial charge in [-0.25, -0.2) is 19.2 Å². The Morgan fingerprint density at radius 2 is 2.00 bits per heavy atom. The number of nitrogens with zero attached hydrogens (tertiary/aromatic N) is 8. The van der Waals surface area contributed by atoms with E-state index >= 15 is 0 Å². The highest BCUT2D eigenvalue weighted by atomic mass is 35.5. The van der Waals surface area contributed by atoms with Crippen molar-refractivity contribution >= 4 is 39.9 Å². The predicted molar refractivity (Wildman–Crippen MR) is 124 cm³/mol. The number of imidazole rings is 1. The van der Waals surface area contributed by atoms with Gasteiger partial charge in [-0.2, -0.15) is 4.98 Å². The van der Waals surface area contributed by atoms with Gasteiger partial charge in [0.1, 0.15) is 0 Å². The van der Waals surface area contributed by atoms with Crippen molar-refractivity contribution in [3.63, 3.8) is 0 Å². The summed E-state index contributed by atoms with van der Waals surface area (Å²) in [7, 11) is 0. The number of nitrogens with two attached hydrogens (primary N) is 1. The van der Waals surface area contributed by atoms with Crippen LogP contribution in [0.1, 0.15) is 24.7 Å². The second kappa shape index (κ2) is 7.85. The Balaban J connectivity index is 1.56. The highest BCUT2D eigenvalue weighted by Crippen LogP contribution is 2.36. The first-order chi connectivity index (χ1) is 16.1. The standard InChI is InChI=1S/C21H22ClN9O2/c22-13-3-1-4-14-16(13)20(32)31(28-9-11-33-12-10-28)17(25-14)15-5-2-7-29(15)19-18-24-6-8-30(18)27-21(23)26-19/h1,3-4,6,8,15H,2,5,7,9-12H2,(H2,23,27). The second-order valence-corrected chi connectivity index (χ2v) is 8.53. The van der Waals surface area contributed by atoms with Crippen molar-refractivity contribution < 1.29 is 4.74 Å². The molecular formula is C21H22ClN9O2. The molecule has 170 valence electrons. The fraction of sp³-hybridized carbons (Fsp3) is 0.381. The Morgan fingerprint density at radius 3 is 2.85 bits per heavy atom. The molecule has 0 saturated carbocycles. The first kappa shape index (κ1) is 20.2. The Hall–Kier alpha value is -3.44. The third-order valence-corrected chi connectivity index (χ3v) is 6.51. The smallest absolute Gasteiger partial charge is 0.281 e. The fourth-order valence-corrected chi connectivity index (χ4v) is 5.00. The molecule has 2 aliphatic heterocycles. The summed E-state index contributed by atoms with van der Waals surface area (Å²) in [5.41, 5.74) is 7.00. The number of hydrogen-bond acceptors (Lipinski definition) is 9.